The molecule has 0 saturated carbocycles. The van der Waals surface area contributed by atoms with Crippen LogP contribution in [-0.2, 0) is 11.5 Å². The minimum atomic E-state index is -3.00. The van der Waals surface area contributed by atoms with Gasteiger partial charge in [-0.15, -0.1) is 0 Å². The highest BCUT2D eigenvalue weighted by molar-refractivity contribution is 5.12. The summed E-state index contributed by atoms with van der Waals surface area (Å²) < 4.78 is 28.2. The van der Waals surface area contributed by atoms with Gasteiger partial charge in [0, 0.05) is 19.2 Å². The predicted molar refractivity (Wildman–Crippen MR) is 52.8 cm³/mol. The van der Waals surface area contributed by atoms with E-state index in [1.807, 2.05) is 20.8 Å². The standard InChI is InChI=1S/C10H16F2N2O/c1-9(2,3)14-7-8(6-13-14)10(11,12)4-5-15/h6-7,15H,4-5H2,1-3H3. The second-order valence-corrected chi connectivity index (χ2v) is 4.52. The van der Waals surface area contributed by atoms with Crippen LogP contribution in [0.3, 0.4) is 0 Å². The molecule has 0 aliphatic carbocycles. The summed E-state index contributed by atoms with van der Waals surface area (Å²) in [5, 5.41) is 12.4. The molecule has 3 nitrogen and oxygen atoms in total. The van der Waals surface area contributed by atoms with Gasteiger partial charge in [0.2, 0.25) is 0 Å². The highest BCUT2D eigenvalue weighted by Crippen LogP contribution is 2.31. The Morgan fingerprint density at radius 2 is 2.00 bits per heavy atom. The van der Waals surface area contributed by atoms with Gasteiger partial charge in [-0.2, -0.15) is 5.10 Å². The molecule has 0 aliphatic heterocycles. The third-order valence-corrected chi connectivity index (χ3v) is 2.12. The number of halogens is 2. The summed E-state index contributed by atoms with van der Waals surface area (Å²) in [6.45, 7) is 5.11. The molecule has 0 unspecified atom stereocenters. The zero-order valence-electron chi connectivity index (χ0n) is 9.17. The zero-order valence-corrected chi connectivity index (χ0v) is 9.17. The van der Waals surface area contributed by atoms with Crippen molar-refractivity contribution in [2.75, 3.05) is 6.61 Å². The lowest BCUT2D eigenvalue weighted by atomic mass is 10.1. The molecule has 1 N–H and O–H groups in total. The van der Waals surface area contributed by atoms with E-state index in [1.165, 1.54) is 10.9 Å². The molecule has 0 bridgehead atoms. The maximum absolute atomic E-state index is 13.3. The molecular weight excluding hydrogens is 202 g/mol. The van der Waals surface area contributed by atoms with Crippen molar-refractivity contribution in [2.24, 2.45) is 0 Å². The van der Waals surface area contributed by atoms with Crippen LogP contribution in [0.2, 0.25) is 0 Å². The van der Waals surface area contributed by atoms with E-state index in [0.29, 0.717) is 0 Å². The summed E-state index contributed by atoms with van der Waals surface area (Å²) in [6, 6.07) is 0. The van der Waals surface area contributed by atoms with E-state index in [9.17, 15) is 8.78 Å². The van der Waals surface area contributed by atoms with Crippen LogP contribution in [0.4, 0.5) is 8.78 Å². The first-order valence-corrected chi connectivity index (χ1v) is 4.82. The highest BCUT2D eigenvalue weighted by Gasteiger charge is 2.33. The lowest BCUT2D eigenvalue weighted by Gasteiger charge is -2.19. The van der Waals surface area contributed by atoms with Gasteiger partial charge in [-0.25, -0.2) is 8.78 Å². The molecular formula is C10H16F2N2O. The van der Waals surface area contributed by atoms with Crippen LogP contribution in [0.5, 0.6) is 0 Å². The molecule has 0 spiro atoms. The van der Waals surface area contributed by atoms with E-state index >= 15 is 0 Å². The molecule has 1 rings (SSSR count). The second kappa shape index (κ2) is 3.89. The number of aliphatic hydroxyl groups excluding tert-OH is 1. The molecule has 0 radical (unpaired) electrons. The smallest absolute Gasteiger partial charge is 0.278 e. The molecule has 0 fully saturated rings. The SMILES string of the molecule is CC(C)(C)n1cc(C(F)(F)CCO)cn1. The van der Waals surface area contributed by atoms with E-state index in [0.717, 1.165) is 6.20 Å². The van der Waals surface area contributed by atoms with Crippen molar-refractivity contribution >= 4 is 0 Å². The highest BCUT2D eigenvalue weighted by atomic mass is 19.3. The van der Waals surface area contributed by atoms with Crippen LogP contribution >= 0.6 is 0 Å². The number of aliphatic hydroxyl groups is 1. The van der Waals surface area contributed by atoms with Gasteiger partial charge in [0.25, 0.3) is 5.92 Å². The molecule has 1 aromatic heterocycles. The summed E-state index contributed by atoms with van der Waals surface area (Å²) in [5.41, 5.74) is -0.459. The number of hydrogen-bond acceptors (Lipinski definition) is 2. The molecule has 15 heavy (non-hydrogen) atoms. The second-order valence-electron chi connectivity index (χ2n) is 4.52. The maximum atomic E-state index is 13.3. The molecule has 0 atom stereocenters. The van der Waals surface area contributed by atoms with Crippen LogP contribution in [0.1, 0.15) is 32.8 Å². The van der Waals surface area contributed by atoms with Gasteiger partial charge < -0.3 is 5.11 Å². The summed E-state index contributed by atoms with van der Waals surface area (Å²) in [6.07, 6.45) is 1.92. The zero-order chi connectivity index (χ0) is 11.7. The van der Waals surface area contributed by atoms with Crippen molar-refractivity contribution in [1.82, 2.24) is 9.78 Å². The van der Waals surface area contributed by atoms with Crippen LogP contribution in [0.25, 0.3) is 0 Å². The van der Waals surface area contributed by atoms with Gasteiger partial charge >= 0.3 is 0 Å². The van der Waals surface area contributed by atoms with Crippen molar-refractivity contribution in [2.45, 2.75) is 38.7 Å². The number of nitrogens with zero attached hydrogens (tertiary/aromatic N) is 2. The Labute approximate surface area is 87.7 Å². The Hall–Kier alpha value is -0.970. The molecule has 86 valence electrons. The van der Waals surface area contributed by atoms with E-state index < -0.39 is 19.0 Å². The van der Waals surface area contributed by atoms with Gasteiger partial charge in [-0.3, -0.25) is 4.68 Å². The van der Waals surface area contributed by atoms with Crippen LogP contribution in [0, 0.1) is 0 Å². The number of hydrogen-bond donors (Lipinski definition) is 1. The summed E-state index contributed by atoms with van der Waals surface area (Å²) in [5.74, 6) is -3.00. The predicted octanol–water partition coefficient (Wildman–Crippen LogP) is 2.11. The van der Waals surface area contributed by atoms with Crippen LogP contribution in [0.15, 0.2) is 12.4 Å². The Bertz CT molecular complexity index is 328. The summed E-state index contributed by atoms with van der Waals surface area (Å²) in [7, 11) is 0. The van der Waals surface area contributed by atoms with E-state index in [4.69, 9.17) is 5.11 Å². The molecule has 0 aromatic carbocycles. The fraction of sp³-hybridized carbons (Fsp3) is 0.700. The Kier molecular flexibility index (Phi) is 3.13. The average Bonchev–Trinajstić information content (AvgIpc) is 2.50. The first-order valence-electron chi connectivity index (χ1n) is 4.82. The summed E-state index contributed by atoms with van der Waals surface area (Å²) >= 11 is 0. The number of aromatic nitrogens is 2. The lowest BCUT2D eigenvalue weighted by molar-refractivity contribution is -0.0271. The van der Waals surface area contributed by atoms with Gasteiger partial charge in [0.15, 0.2) is 0 Å². The van der Waals surface area contributed by atoms with Crippen molar-refractivity contribution in [3.05, 3.63) is 18.0 Å². The fourth-order valence-corrected chi connectivity index (χ4v) is 1.16. The molecule has 1 heterocycles. The van der Waals surface area contributed by atoms with Gasteiger partial charge in [-0.05, 0) is 20.8 Å². The van der Waals surface area contributed by atoms with Crippen molar-refractivity contribution in [3.8, 4) is 0 Å². The molecule has 1 aromatic rings. The normalized spacial score (nSPS) is 13.2. The average molecular weight is 218 g/mol. The van der Waals surface area contributed by atoms with Crippen LogP contribution in [-0.4, -0.2) is 21.5 Å². The number of rotatable bonds is 3. The largest absolute Gasteiger partial charge is 0.396 e. The first kappa shape index (κ1) is 12.1. The van der Waals surface area contributed by atoms with Crippen molar-refractivity contribution in [1.29, 1.82) is 0 Å². The Morgan fingerprint density at radius 1 is 1.40 bits per heavy atom. The maximum Gasteiger partial charge on any atom is 0.278 e. The third kappa shape index (κ3) is 2.75. The Balaban J connectivity index is 2.94. The fourth-order valence-electron chi connectivity index (χ4n) is 1.16. The van der Waals surface area contributed by atoms with E-state index in [-0.39, 0.29) is 11.1 Å². The quantitative estimate of drug-likeness (QED) is 0.843. The van der Waals surface area contributed by atoms with E-state index in [2.05, 4.69) is 5.10 Å². The molecule has 5 heteroatoms. The first-order chi connectivity index (χ1) is 6.77. The van der Waals surface area contributed by atoms with Gasteiger partial charge in [0.1, 0.15) is 0 Å². The van der Waals surface area contributed by atoms with Crippen LogP contribution < -0.4 is 0 Å². The van der Waals surface area contributed by atoms with E-state index in [1.54, 1.807) is 0 Å². The monoisotopic (exact) mass is 218 g/mol. The van der Waals surface area contributed by atoms with Crippen molar-refractivity contribution < 1.29 is 13.9 Å². The van der Waals surface area contributed by atoms with Gasteiger partial charge in [0.05, 0.1) is 17.3 Å². The topological polar surface area (TPSA) is 38.0 Å². The van der Waals surface area contributed by atoms with Crippen molar-refractivity contribution in [3.63, 3.8) is 0 Å². The minimum absolute atomic E-state index is 0.147. The van der Waals surface area contributed by atoms with Gasteiger partial charge in [-0.1, -0.05) is 0 Å². The minimum Gasteiger partial charge on any atom is -0.396 e. The lowest BCUT2D eigenvalue weighted by Crippen LogP contribution is -2.22. The Morgan fingerprint density at radius 3 is 2.40 bits per heavy atom. The molecule has 0 aliphatic rings. The summed E-state index contributed by atoms with van der Waals surface area (Å²) in [4.78, 5) is 0. The number of alkyl halides is 2. The molecule has 0 amide bonds. The third-order valence-electron chi connectivity index (χ3n) is 2.12. The molecule has 0 saturated heterocycles.